The van der Waals surface area contributed by atoms with Crippen LogP contribution in [-0.4, -0.2) is 15.2 Å². The zero-order valence-corrected chi connectivity index (χ0v) is 9.92. The lowest BCUT2D eigenvalue weighted by Crippen LogP contribution is -2.40. The van der Waals surface area contributed by atoms with Crippen LogP contribution in [0.1, 0.15) is 6.92 Å². The minimum absolute atomic E-state index is 0.949. The first kappa shape index (κ1) is 10.3. The van der Waals surface area contributed by atoms with E-state index in [1.165, 1.54) is 11.2 Å². The Kier molecular flexibility index (Phi) is 3.15. The molecule has 0 heterocycles. The van der Waals surface area contributed by atoms with Gasteiger partial charge in [0, 0.05) is 0 Å². The molecule has 1 aromatic rings. The van der Waals surface area contributed by atoms with E-state index < -0.39 is 8.07 Å². The minimum atomic E-state index is -1.14. The van der Waals surface area contributed by atoms with E-state index in [1.54, 1.807) is 7.11 Å². The molecule has 0 aromatic heterocycles. The Labute approximate surface area is 81.8 Å². The van der Waals surface area contributed by atoms with Gasteiger partial charge in [-0.15, -0.1) is 0 Å². The molecule has 0 aliphatic carbocycles. The third-order valence-electron chi connectivity index (χ3n) is 2.76. The number of methoxy groups -OCH3 is 1. The Morgan fingerprint density at radius 3 is 2.08 bits per heavy atom. The van der Waals surface area contributed by atoms with Crippen LogP contribution in [-0.2, 0) is 0 Å². The molecule has 0 saturated heterocycles. The molecule has 0 aliphatic heterocycles. The van der Waals surface area contributed by atoms with Crippen molar-refractivity contribution in [2.24, 2.45) is 0 Å². The first-order valence-corrected chi connectivity index (χ1v) is 7.95. The highest BCUT2D eigenvalue weighted by Crippen LogP contribution is 2.12. The number of rotatable bonds is 3. The van der Waals surface area contributed by atoms with Crippen molar-refractivity contribution in [3.05, 3.63) is 24.3 Å². The molecule has 2 heteroatoms. The van der Waals surface area contributed by atoms with E-state index in [2.05, 4.69) is 44.3 Å². The molecule has 0 bridgehead atoms. The third-order valence-corrected chi connectivity index (χ3v) is 6.42. The first-order valence-electron chi connectivity index (χ1n) is 4.74. The van der Waals surface area contributed by atoms with Crippen molar-refractivity contribution in [2.45, 2.75) is 26.1 Å². The second kappa shape index (κ2) is 3.96. The molecule has 0 N–H and O–H groups in total. The predicted molar refractivity (Wildman–Crippen MR) is 60.6 cm³/mol. The van der Waals surface area contributed by atoms with Crippen LogP contribution in [0, 0.1) is 0 Å². The summed E-state index contributed by atoms with van der Waals surface area (Å²) in [6.07, 6.45) is 0. The molecule has 0 unspecified atom stereocenters. The summed E-state index contributed by atoms with van der Waals surface area (Å²) < 4.78 is 5.13. The maximum absolute atomic E-state index is 5.13. The van der Waals surface area contributed by atoms with E-state index in [1.807, 2.05) is 0 Å². The van der Waals surface area contributed by atoms with Gasteiger partial charge in [0.15, 0.2) is 0 Å². The van der Waals surface area contributed by atoms with Gasteiger partial charge in [0.2, 0.25) is 0 Å². The molecule has 0 amide bonds. The molecule has 0 fully saturated rings. The summed E-state index contributed by atoms with van der Waals surface area (Å²) in [7, 11) is 0.561. The molecule has 1 aromatic carbocycles. The largest absolute Gasteiger partial charge is 0.497 e. The van der Waals surface area contributed by atoms with Crippen LogP contribution in [0.4, 0.5) is 0 Å². The zero-order chi connectivity index (χ0) is 9.90. The van der Waals surface area contributed by atoms with Gasteiger partial charge in [0.1, 0.15) is 5.75 Å². The van der Waals surface area contributed by atoms with Crippen molar-refractivity contribution >= 4 is 13.3 Å². The van der Waals surface area contributed by atoms with E-state index in [9.17, 15) is 0 Å². The van der Waals surface area contributed by atoms with E-state index in [0.717, 1.165) is 5.75 Å². The Morgan fingerprint density at radius 2 is 1.69 bits per heavy atom. The zero-order valence-electron chi connectivity index (χ0n) is 8.92. The normalized spacial score (nSPS) is 11.4. The van der Waals surface area contributed by atoms with Gasteiger partial charge in [0.25, 0.3) is 0 Å². The van der Waals surface area contributed by atoms with E-state index in [0.29, 0.717) is 0 Å². The molecule has 13 heavy (non-hydrogen) atoms. The van der Waals surface area contributed by atoms with Crippen LogP contribution in [0.15, 0.2) is 24.3 Å². The van der Waals surface area contributed by atoms with Gasteiger partial charge in [-0.2, -0.15) is 0 Å². The molecule has 0 radical (unpaired) electrons. The Hall–Kier alpha value is -0.763. The number of hydrogen-bond acceptors (Lipinski definition) is 1. The lowest BCUT2D eigenvalue weighted by Gasteiger charge is -2.20. The monoisotopic (exact) mass is 194 g/mol. The van der Waals surface area contributed by atoms with Gasteiger partial charge in [-0.25, -0.2) is 0 Å². The summed E-state index contributed by atoms with van der Waals surface area (Å²) >= 11 is 0. The smallest absolute Gasteiger partial charge is 0.118 e. The van der Waals surface area contributed by atoms with E-state index in [4.69, 9.17) is 4.74 Å². The fourth-order valence-corrected chi connectivity index (χ4v) is 2.72. The molecule has 1 rings (SSSR count). The van der Waals surface area contributed by atoms with Gasteiger partial charge < -0.3 is 4.74 Å². The van der Waals surface area contributed by atoms with Crippen LogP contribution in [0.2, 0.25) is 19.1 Å². The van der Waals surface area contributed by atoms with Gasteiger partial charge in [-0.05, 0) is 12.1 Å². The topological polar surface area (TPSA) is 9.23 Å². The summed E-state index contributed by atoms with van der Waals surface area (Å²) in [4.78, 5) is 0. The summed E-state index contributed by atoms with van der Waals surface area (Å²) in [6, 6.07) is 9.81. The molecule has 0 aliphatic rings. The number of benzene rings is 1. The summed E-state index contributed by atoms with van der Waals surface area (Å²) in [6.45, 7) is 7.07. The molecule has 0 saturated carbocycles. The Bertz CT molecular complexity index is 264. The van der Waals surface area contributed by atoms with Crippen molar-refractivity contribution in [3.8, 4) is 5.75 Å². The highest BCUT2D eigenvalue weighted by atomic mass is 28.3. The number of hydrogen-bond donors (Lipinski definition) is 0. The Balaban J connectivity index is 2.92. The maximum Gasteiger partial charge on any atom is 0.118 e. The Morgan fingerprint density at radius 1 is 1.15 bits per heavy atom. The standard InChI is InChI=1S/C11H18OSi/c1-5-13(3,4)11-8-6-10(12-2)7-9-11/h6-9H,5H2,1-4H3. The van der Waals surface area contributed by atoms with Gasteiger partial charge in [0.05, 0.1) is 15.2 Å². The highest BCUT2D eigenvalue weighted by molar-refractivity contribution is 6.89. The van der Waals surface area contributed by atoms with E-state index in [-0.39, 0.29) is 0 Å². The minimum Gasteiger partial charge on any atom is -0.497 e. The van der Waals surface area contributed by atoms with Crippen molar-refractivity contribution in [1.82, 2.24) is 0 Å². The quantitative estimate of drug-likeness (QED) is 0.672. The first-order chi connectivity index (χ1) is 6.10. The van der Waals surface area contributed by atoms with Crippen LogP contribution >= 0.6 is 0 Å². The molecular weight excluding hydrogens is 176 g/mol. The second-order valence-electron chi connectivity index (χ2n) is 3.97. The molecule has 0 spiro atoms. The third kappa shape index (κ3) is 2.34. The van der Waals surface area contributed by atoms with Gasteiger partial charge in [-0.3, -0.25) is 0 Å². The highest BCUT2D eigenvalue weighted by Gasteiger charge is 2.20. The molecular formula is C11H18OSi. The van der Waals surface area contributed by atoms with Crippen molar-refractivity contribution in [3.63, 3.8) is 0 Å². The maximum atomic E-state index is 5.13. The average Bonchev–Trinajstić information content (AvgIpc) is 2.18. The fraction of sp³-hybridized carbons (Fsp3) is 0.455. The predicted octanol–water partition coefficient (Wildman–Crippen LogP) is 2.63. The van der Waals surface area contributed by atoms with E-state index >= 15 is 0 Å². The fourth-order valence-electron chi connectivity index (χ4n) is 1.25. The van der Waals surface area contributed by atoms with Crippen molar-refractivity contribution < 1.29 is 4.74 Å². The molecule has 0 atom stereocenters. The molecule has 1 nitrogen and oxygen atoms in total. The summed E-state index contributed by atoms with van der Waals surface area (Å²) in [5.74, 6) is 0.949. The van der Waals surface area contributed by atoms with Crippen LogP contribution in [0.5, 0.6) is 5.75 Å². The van der Waals surface area contributed by atoms with Crippen LogP contribution in [0.25, 0.3) is 0 Å². The van der Waals surface area contributed by atoms with Gasteiger partial charge in [-0.1, -0.05) is 43.4 Å². The van der Waals surface area contributed by atoms with Crippen molar-refractivity contribution in [1.29, 1.82) is 0 Å². The SMILES string of the molecule is CC[Si](C)(C)c1ccc(OC)cc1. The van der Waals surface area contributed by atoms with Crippen molar-refractivity contribution in [2.75, 3.05) is 7.11 Å². The number of ether oxygens (including phenoxy) is 1. The lowest BCUT2D eigenvalue weighted by atomic mass is 10.3. The van der Waals surface area contributed by atoms with Gasteiger partial charge >= 0.3 is 0 Å². The second-order valence-corrected chi connectivity index (χ2v) is 9.02. The summed E-state index contributed by atoms with van der Waals surface area (Å²) in [5.41, 5.74) is 0. The lowest BCUT2D eigenvalue weighted by molar-refractivity contribution is 0.415. The molecule has 72 valence electrons. The average molecular weight is 194 g/mol. The van der Waals surface area contributed by atoms with Crippen LogP contribution < -0.4 is 9.92 Å². The summed E-state index contributed by atoms with van der Waals surface area (Å²) in [5, 5.41) is 1.51. The van der Waals surface area contributed by atoms with Crippen LogP contribution in [0.3, 0.4) is 0 Å².